The molecule has 2 aromatic carbocycles. The fourth-order valence-corrected chi connectivity index (χ4v) is 2.52. The number of rotatable bonds is 7. The second-order valence-electron chi connectivity index (χ2n) is 6.14. The minimum Gasteiger partial charge on any atom is -0.354 e. The molecule has 0 unspecified atom stereocenters. The van der Waals surface area contributed by atoms with Gasteiger partial charge in [0.1, 0.15) is 5.82 Å². The van der Waals surface area contributed by atoms with Gasteiger partial charge >= 0.3 is 0 Å². The van der Waals surface area contributed by atoms with E-state index in [-0.39, 0.29) is 24.1 Å². The zero-order chi connectivity index (χ0) is 18.9. The molecule has 0 aliphatic rings. The summed E-state index contributed by atoms with van der Waals surface area (Å²) in [5.41, 5.74) is 3.90. The fourth-order valence-electron chi connectivity index (χ4n) is 2.52. The summed E-state index contributed by atoms with van der Waals surface area (Å²) in [6.07, 6.45) is 3.36. The van der Waals surface area contributed by atoms with Crippen molar-refractivity contribution in [1.82, 2.24) is 10.6 Å². The third-order valence-corrected chi connectivity index (χ3v) is 3.84. The van der Waals surface area contributed by atoms with Crippen LogP contribution in [-0.4, -0.2) is 24.9 Å². The van der Waals surface area contributed by atoms with Crippen molar-refractivity contribution in [2.75, 3.05) is 13.1 Å². The summed E-state index contributed by atoms with van der Waals surface area (Å²) in [4.78, 5) is 23.6. The molecule has 0 atom stereocenters. The van der Waals surface area contributed by atoms with Crippen LogP contribution < -0.4 is 10.6 Å². The van der Waals surface area contributed by atoms with Crippen molar-refractivity contribution in [3.63, 3.8) is 0 Å². The average molecular weight is 354 g/mol. The molecule has 4 nitrogen and oxygen atoms in total. The third kappa shape index (κ3) is 6.51. The average Bonchev–Trinajstić information content (AvgIpc) is 2.58. The number of carbonyl (C=O) groups is 2. The molecule has 0 radical (unpaired) electrons. The summed E-state index contributed by atoms with van der Waals surface area (Å²) >= 11 is 0. The molecule has 0 saturated heterocycles. The number of halogens is 1. The molecule has 0 aliphatic heterocycles. The minimum atomic E-state index is -0.363. The summed E-state index contributed by atoms with van der Waals surface area (Å²) < 4.78 is 13.1. The van der Waals surface area contributed by atoms with Crippen molar-refractivity contribution in [3.05, 3.63) is 76.6 Å². The molecule has 0 bridgehead atoms. The number of hydrogen-bond donors (Lipinski definition) is 2. The van der Waals surface area contributed by atoms with Crippen LogP contribution in [0.4, 0.5) is 4.39 Å². The lowest BCUT2D eigenvalue weighted by molar-refractivity contribution is -0.121. The lowest BCUT2D eigenvalue weighted by Gasteiger charge is -2.06. The van der Waals surface area contributed by atoms with Gasteiger partial charge in [0.15, 0.2) is 0 Å². The Morgan fingerprint density at radius 2 is 1.81 bits per heavy atom. The molecule has 2 amide bonds. The Hall–Kier alpha value is -2.95. The van der Waals surface area contributed by atoms with Crippen LogP contribution in [0, 0.1) is 19.7 Å². The molecule has 2 N–H and O–H groups in total. The van der Waals surface area contributed by atoms with Crippen LogP contribution in [0.2, 0.25) is 0 Å². The first-order valence-corrected chi connectivity index (χ1v) is 8.48. The Morgan fingerprint density at radius 1 is 1.04 bits per heavy atom. The van der Waals surface area contributed by atoms with Gasteiger partial charge in [-0.3, -0.25) is 9.59 Å². The lowest BCUT2D eigenvalue weighted by atomic mass is 10.1. The minimum absolute atomic E-state index is 0.109. The fraction of sp³-hybridized carbons (Fsp3) is 0.238. The van der Waals surface area contributed by atoms with Gasteiger partial charge in [-0.2, -0.15) is 0 Å². The molecule has 0 fully saturated rings. The molecule has 136 valence electrons. The highest BCUT2D eigenvalue weighted by atomic mass is 19.1. The van der Waals surface area contributed by atoms with Crippen LogP contribution in [-0.2, 0) is 16.0 Å². The zero-order valence-electron chi connectivity index (χ0n) is 15.0. The van der Waals surface area contributed by atoms with Crippen LogP contribution in [0.25, 0.3) is 6.08 Å². The standard InChI is InChI=1S/C21H23FN2O2/c1-15-6-7-18(16(2)12-15)8-9-20(25)23-10-11-24-21(26)14-17-4-3-5-19(22)13-17/h3-9,12-13H,10-11,14H2,1-2H3,(H,23,25)(H,24,26)/b9-8+. The van der Waals surface area contributed by atoms with E-state index in [1.165, 1.54) is 23.8 Å². The zero-order valence-corrected chi connectivity index (χ0v) is 15.0. The Bertz CT molecular complexity index is 815. The molecular weight excluding hydrogens is 331 g/mol. The molecule has 0 aliphatic carbocycles. The Kier molecular flexibility index (Phi) is 7.09. The van der Waals surface area contributed by atoms with E-state index in [9.17, 15) is 14.0 Å². The number of aryl methyl sites for hydroxylation is 2. The first kappa shape index (κ1) is 19.4. The molecule has 5 heteroatoms. The number of hydrogen-bond acceptors (Lipinski definition) is 2. The van der Waals surface area contributed by atoms with Gasteiger partial charge in [0, 0.05) is 19.2 Å². The quantitative estimate of drug-likeness (QED) is 0.593. The third-order valence-electron chi connectivity index (χ3n) is 3.84. The molecule has 2 rings (SSSR count). The van der Waals surface area contributed by atoms with E-state index < -0.39 is 0 Å². The normalized spacial score (nSPS) is 10.7. The largest absolute Gasteiger partial charge is 0.354 e. The maximum Gasteiger partial charge on any atom is 0.244 e. The summed E-state index contributed by atoms with van der Waals surface area (Å²) in [7, 11) is 0. The van der Waals surface area contributed by atoms with Crippen molar-refractivity contribution in [2.24, 2.45) is 0 Å². The van der Waals surface area contributed by atoms with Crippen molar-refractivity contribution in [3.8, 4) is 0 Å². The Balaban J connectivity index is 1.69. The molecule has 0 heterocycles. The summed E-state index contributed by atoms with van der Waals surface area (Å²) in [6.45, 7) is 4.66. The topological polar surface area (TPSA) is 58.2 Å². The molecule has 0 spiro atoms. The number of benzene rings is 2. The van der Waals surface area contributed by atoms with Gasteiger partial charge in [0.2, 0.25) is 11.8 Å². The van der Waals surface area contributed by atoms with Crippen LogP contribution in [0.3, 0.4) is 0 Å². The Morgan fingerprint density at radius 3 is 2.54 bits per heavy atom. The first-order valence-electron chi connectivity index (χ1n) is 8.48. The van der Waals surface area contributed by atoms with E-state index in [2.05, 4.69) is 16.7 Å². The number of carbonyl (C=O) groups excluding carboxylic acids is 2. The smallest absolute Gasteiger partial charge is 0.244 e. The first-order chi connectivity index (χ1) is 12.4. The molecule has 0 saturated carbocycles. The predicted molar refractivity (Wildman–Crippen MR) is 101 cm³/mol. The maximum atomic E-state index is 13.1. The number of amides is 2. The van der Waals surface area contributed by atoms with Gasteiger partial charge in [-0.05, 0) is 48.7 Å². The van der Waals surface area contributed by atoms with E-state index >= 15 is 0 Å². The SMILES string of the molecule is Cc1ccc(/C=C/C(=O)NCCNC(=O)Cc2cccc(F)c2)c(C)c1. The highest BCUT2D eigenvalue weighted by Gasteiger charge is 2.04. The molecule has 2 aromatic rings. The summed E-state index contributed by atoms with van der Waals surface area (Å²) in [5.74, 6) is -0.793. The van der Waals surface area contributed by atoms with Gasteiger partial charge in [-0.25, -0.2) is 4.39 Å². The van der Waals surface area contributed by atoms with E-state index in [0.29, 0.717) is 18.7 Å². The van der Waals surface area contributed by atoms with Gasteiger partial charge in [-0.1, -0.05) is 35.9 Å². The van der Waals surface area contributed by atoms with E-state index in [4.69, 9.17) is 0 Å². The molecule has 26 heavy (non-hydrogen) atoms. The van der Waals surface area contributed by atoms with Crippen molar-refractivity contribution in [2.45, 2.75) is 20.3 Å². The van der Waals surface area contributed by atoms with Crippen LogP contribution in [0.15, 0.2) is 48.5 Å². The predicted octanol–water partition coefficient (Wildman–Crippen LogP) is 2.93. The number of nitrogens with one attached hydrogen (secondary N) is 2. The van der Waals surface area contributed by atoms with Crippen LogP contribution in [0.1, 0.15) is 22.3 Å². The Labute approximate surface area is 153 Å². The van der Waals surface area contributed by atoms with Crippen molar-refractivity contribution < 1.29 is 14.0 Å². The van der Waals surface area contributed by atoms with E-state index in [0.717, 1.165) is 11.1 Å². The summed E-state index contributed by atoms with van der Waals surface area (Å²) in [6, 6.07) is 12.0. The second kappa shape index (κ2) is 9.51. The second-order valence-corrected chi connectivity index (χ2v) is 6.14. The van der Waals surface area contributed by atoms with Crippen molar-refractivity contribution >= 4 is 17.9 Å². The highest BCUT2D eigenvalue weighted by molar-refractivity contribution is 5.91. The van der Waals surface area contributed by atoms with E-state index in [1.807, 2.05) is 26.0 Å². The molecular formula is C21H23FN2O2. The monoisotopic (exact) mass is 354 g/mol. The van der Waals surface area contributed by atoms with Gasteiger partial charge < -0.3 is 10.6 Å². The summed E-state index contributed by atoms with van der Waals surface area (Å²) in [5, 5.41) is 5.41. The van der Waals surface area contributed by atoms with Gasteiger partial charge in [-0.15, -0.1) is 0 Å². The van der Waals surface area contributed by atoms with Gasteiger partial charge in [0.05, 0.1) is 6.42 Å². The van der Waals surface area contributed by atoms with Crippen molar-refractivity contribution in [1.29, 1.82) is 0 Å². The van der Waals surface area contributed by atoms with Crippen LogP contribution >= 0.6 is 0 Å². The van der Waals surface area contributed by atoms with Gasteiger partial charge in [0.25, 0.3) is 0 Å². The lowest BCUT2D eigenvalue weighted by Crippen LogP contribution is -2.34. The molecule has 0 aromatic heterocycles. The van der Waals surface area contributed by atoms with Crippen LogP contribution in [0.5, 0.6) is 0 Å². The van der Waals surface area contributed by atoms with E-state index in [1.54, 1.807) is 18.2 Å². The maximum absolute atomic E-state index is 13.1. The highest BCUT2D eigenvalue weighted by Crippen LogP contribution is 2.11.